The van der Waals surface area contributed by atoms with Crippen LogP contribution >= 0.6 is 8.03 Å². The third kappa shape index (κ3) is 2.10. The Morgan fingerprint density at radius 3 is 2.00 bits per heavy atom. The number of halogens is 2. The fourth-order valence-corrected chi connectivity index (χ4v) is 1.20. The summed E-state index contributed by atoms with van der Waals surface area (Å²) in [6.45, 7) is 0. The van der Waals surface area contributed by atoms with Crippen molar-refractivity contribution >= 4 is 13.3 Å². The van der Waals surface area contributed by atoms with Crippen molar-refractivity contribution in [3.05, 3.63) is 29.8 Å². The molecular formula is C6H5F2O2P. The van der Waals surface area contributed by atoms with Crippen LogP contribution in [0.15, 0.2) is 18.2 Å². The largest absolute Gasteiger partial charge is 0.343 e. The lowest BCUT2D eigenvalue weighted by molar-refractivity contribution is 0.512. The summed E-state index contributed by atoms with van der Waals surface area (Å²) >= 11 is 0. The van der Waals surface area contributed by atoms with Crippen LogP contribution < -0.4 is 5.30 Å². The predicted molar refractivity (Wildman–Crippen MR) is 37.2 cm³/mol. The lowest BCUT2D eigenvalue weighted by Gasteiger charge is -1.95. The van der Waals surface area contributed by atoms with Crippen molar-refractivity contribution in [2.24, 2.45) is 0 Å². The number of benzene rings is 1. The van der Waals surface area contributed by atoms with Gasteiger partial charge in [0.15, 0.2) is 0 Å². The Labute approximate surface area is 62.3 Å². The van der Waals surface area contributed by atoms with Crippen LogP contribution in [0.25, 0.3) is 0 Å². The zero-order chi connectivity index (χ0) is 8.43. The van der Waals surface area contributed by atoms with Crippen molar-refractivity contribution in [3.63, 3.8) is 0 Å². The van der Waals surface area contributed by atoms with Gasteiger partial charge in [-0.25, -0.2) is 8.78 Å². The molecule has 2 nitrogen and oxygen atoms in total. The van der Waals surface area contributed by atoms with Crippen molar-refractivity contribution in [1.82, 2.24) is 0 Å². The van der Waals surface area contributed by atoms with E-state index in [2.05, 4.69) is 0 Å². The first kappa shape index (κ1) is 8.37. The topological polar surface area (TPSA) is 37.3 Å². The maximum Gasteiger partial charge on any atom is 0.218 e. The molecule has 0 aromatic heterocycles. The number of hydrogen-bond acceptors (Lipinski definition) is 1. The van der Waals surface area contributed by atoms with Gasteiger partial charge >= 0.3 is 0 Å². The summed E-state index contributed by atoms with van der Waals surface area (Å²) in [7, 11) is -2.99. The molecule has 1 aromatic carbocycles. The van der Waals surface area contributed by atoms with E-state index < -0.39 is 19.7 Å². The van der Waals surface area contributed by atoms with E-state index in [1.54, 1.807) is 0 Å². The molecule has 5 heteroatoms. The molecule has 1 N–H and O–H groups in total. The SMILES string of the molecule is O=[PH](O)c1cc(F)cc(F)c1. The first-order valence-corrected chi connectivity index (χ1v) is 4.14. The summed E-state index contributed by atoms with van der Waals surface area (Å²) in [5.74, 6) is -1.68. The van der Waals surface area contributed by atoms with Gasteiger partial charge in [0.05, 0.1) is 0 Å². The molecule has 0 saturated heterocycles. The van der Waals surface area contributed by atoms with E-state index in [9.17, 15) is 13.3 Å². The second-order valence-electron chi connectivity index (χ2n) is 1.96. The molecule has 0 heterocycles. The van der Waals surface area contributed by atoms with Gasteiger partial charge in [-0.15, -0.1) is 0 Å². The molecule has 0 aliphatic carbocycles. The van der Waals surface area contributed by atoms with Gasteiger partial charge in [0.1, 0.15) is 11.6 Å². The fraction of sp³-hybridized carbons (Fsp3) is 0. The molecule has 0 bridgehead atoms. The minimum atomic E-state index is -2.99. The molecule has 11 heavy (non-hydrogen) atoms. The van der Waals surface area contributed by atoms with Crippen molar-refractivity contribution in [2.75, 3.05) is 0 Å². The summed E-state index contributed by atoms with van der Waals surface area (Å²) < 4.78 is 35.0. The molecule has 1 rings (SSSR count). The zero-order valence-electron chi connectivity index (χ0n) is 5.34. The van der Waals surface area contributed by atoms with E-state index >= 15 is 0 Å². The van der Waals surface area contributed by atoms with Gasteiger partial charge in [-0.2, -0.15) is 0 Å². The monoisotopic (exact) mass is 178 g/mol. The Bertz CT molecular complexity index is 280. The van der Waals surface area contributed by atoms with Gasteiger partial charge in [0.2, 0.25) is 8.03 Å². The van der Waals surface area contributed by atoms with Crippen molar-refractivity contribution in [3.8, 4) is 0 Å². The van der Waals surface area contributed by atoms with E-state index in [-0.39, 0.29) is 5.30 Å². The molecule has 1 atom stereocenters. The third-order valence-electron chi connectivity index (χ3n) is 1.11. The van der Waals surface area contributed by atoms with Crippen molar-refractivity contribution in [1.29, 1.82) is 0 Å². The van der Waals surface area contributed by atoms with Crippen LogP contribution in [-0.2, 0) is 4.57 Å². The van der Waals surface area contributed by atoms with Gasteiger partial charge in [-0.1, -0.05) is 0 Å². The van der Waals surface area contributed by atoms with Crippen LogP contribution in [0, 0.1) is 11.6 Å². The minimum absolute atomic E-state index is 0.201. The lowest BCUT2D eigenvalue weighted by atomic mass is 10.3. The van der Waals surface area contributed by atoms with Crippen LogP contribution in [-0.4, -0.2) is 4.89 Å². The molecule has 0 aliphatic heterocycles. The van der Waals surface area contributed by atoms with E-state index in [4.69, 9.17) is 4.89 Å². The average Bonchev–Trinajstić information content (AvgIpc) is 1.85. The van der Waals surface area contributed by atoms with Crippen molar-refractivity contribution in [2.45, 2.75) is 0 Å². The van der Waals surface area contributed by atoms with Gasteiger partial charge in [-0.3, -0.25) is 4.57 Å². The molecule has 0 fully saturated rings. The Kier molecular flexibility index (Phi) is 2.37. The third-order valence-corrected chi connectivity index (χ3v) is 1.89. The van der Waals surface area contributed by atoms with Gasteiger partial charge in [-0.05, 0) is 12.1 Å². The van der Waals surface area contributed by atoms with E-state index in [0.717, 1.165) is 12.1 Å². The fourth-order valence-electron chi connectivity index (χ4n) is 0.677. The minimum Gasteiger partial charge on any atom is -0.343 e. The van der Waals surface area contributed by atoms with Crippen LogP contribution in [0.4, 0.5) is 8.78 Å². The molecule has 0 aliphatic rings. The number of hydrogen-bond donors (Lipinski definition) is 1. The van der Waals surface area contributed by atoms with Crippen molar-refractivity contribution < 1.29 is 18.2 Å². The second kappa shape index (κ2) is 3.11. The summed E-state index contributed by atoms with van der Waals surface area (Å²) in [6, 6.07) is 2.32. The first-order valence-electron chi connectivity index (χ1n) is 2.79. The molecule has 0 amide bonds. The van der Waals surface area contributed by atoms with Crippen LogP contribution in [0.1, 0.15) is 0 Å². The average molecular weight is 178 g/mol. The van der Waals surface area contributed by atoms with Crippen LogP contribution in [0.3, 0.4) is 0 Å². The summed E-state index contributed by atoms with van der Waals surface area (Å²) in [4.78, 5) is 8.49. The summed E-state index contributed by atoms with van der Waals surface area (Å²) in [5, 5.41) is -0.201. The van der Waals surface area contributed by atoms with E-state index in [1.165, 1.54) is 0 Å². The number of rotatable bonds is 1. The normalized spacial score (nSPS) is 13.0. The van der Waals surface area contributed by atoms with Gasteiger partial charge in [0.25, 0.3) is 0 Å². The second-order valence-corrected chi connectivity index (χ2v) is 3.15. The smallest absolute Gasteiger partial charge is 0.218 e. The Hall–Kier alpha value is -0.730. The predicted octanol–water partition coefficient (Wildman–Crippen LogP) is 1.06. The summed E-state index contributed by atoms with van der Waals surface area (Å²) in [6.07, 6.45) is 0. The summed E-state index contributed by atoms with van der Waals surface area (Å²) in [5.41, 5.74) is 0. The first-order chi connectivity index (χ1) is 5.09. The highest BCUT2D eigenvalue weighted by Gasteiger charge is 2.03. The maximum atomic E-state index is 12.3. The Morgan fingerprint density at radius 2 is 1.64 bits per heavy atom. The highest BCUT2D eigenvalue weighted by Crippen LogP contribution is 2.14. The van der Waals surface area contributed by atoms with Gasteiger partial charge < -0.3 is 4.89 Å². The quantitative estimate of drug-likeness (QED) is 0.652. The standard InChI is InChI=1S/C6H5F2O2P/c7-4-1-5(8)3-6(2-4)11(9)10/h1-3,11H,(H,9,10). The molecule has 60 valence electrons. The Morgan fingerprint density at radius 1 is 1.18 bits per heavy atom. The molecule has 1 aromatic rings. The lowest BCUT2D eigenvalue weighted by Crippen LogP contribution is -1.98. The highest BCUT2D eigenvalue weighted by atomic mass is 31.1. The highest BCUT2D eigenvalue weighted by molar-refractivity contribution is 7.47. The molecule has 1 unspecified atom stereocenters. The molecule has 0 spiro atoms. The van der Waals surface area contributed by atoms with Crippen LogP contribution in [0.5, 0.6) is 0 Å². The van der Waals surface area contributed by atoms with E-state index in [1.807, 2.05) is 0 Å². The molecular weight excluding hydrogens is 173 g/mol. The Balaban J connectivity index is 3.19. The van der Waals surface area contributed by atoms with Gasteiger partial charge in [0, 0.05) is 11.4 Å². The molecule has 0 radical (unpaired) electrons. The van der Waals surface area contributed by atoms with E-state index in [0.29, 0.717) is 6.07 Å². The zero-order valence-corrected chi connectivity index (χ0v) is 6.34. The van der Waals surface area contributed by atoms with Crippen LogP contribution in [0.2, 0.25) is 0 Å². The maximum absolute atomic E-state index is 12.3. The molecule has 0 saturated carbocycles.